The normalized spacial score (nSPS) is 12.0. The van der Waals surface area contributed by atoms with E-state index < -0.39 is 8.80 Å². The Morgan fingerprint density at radius 2 is 1.50 bits per heavy atom. The van der Waals surface area contributed by atoms with Gasteiger partial charge in [0.1, 0.15) is 0 Å². The lowest BCUT2D eigenvalue weighted by atomic mass is 10.9. The molecule has 0 heterocycles. The summed E-state index contributed by atoms with van der Waals surface area (Å²) in [5, 5.41) is 0. The summed E-state index contributed by atoms with van der Waals surface area (Å²) in [5.41, 5.74) is 0. The molecule has 0 atom stereocenters. The molecule has 61 valence electrons. The van der Waals surface area contributed by atoms with Crippen LogP contribution >= 0.6 is 0 Å². The van der Waals surface area contributed by atoms with Crippen LogP contribution in [0, 0.1) is 0 Å². The smallest absolute Gasteiger partial charge is 0.373 e. The van der Waals surface area contributed by atoms with E-state index in [4.69, 9.17) is 8.85 Å². The first kappa shape index (κ1) is 10.1. The van der Waals surface area contributed by atoms with Crippen molar-refractivity contribution in [3.05, 3.63) is 0 Å². The van der Waals surface area contributed by atoms with Crippen LogP contribution in [0.5, 0.6) is 0 Å². The third kappa shape index (κ3) is 3.31. The lowest BCUT2D eigenvalue weighted by Gasteiger charge is -2.18. The molecule has 0 N–H and O–H groups in total. The number of rotatable bonds is 5. The second-order valence-electron chi connectivity index (χ2n) is 1.90. The van der Waals surface area contributed by atoms with Crippen molar-refractivity contribution in [2.24, 2.45) is 0 Å². The molecular weight excluding hydrogens is 148 g/mol. The first-order valence-electron chi connectivity index (χ1n) is 3.66. The summed E-state index contributed by atoms with van der Waals surface area (Å²) in [7, 11) is -2.97. The van der Waals surface area contributed by atoms with Gasteiger partial charge in [0.15, 0.2) is 0 Å². The fourth-order valence-corrected chi connectivity index (χ4v) is 2.06. The summed E-state index contributed by atoms with van der Waals surface area (Å²) in [6, 6.07) is 0.481. The van der Waals surface area contributed by atoms with Gasteiger partial charge in [-0.3, -0.25) is 0 Å². The van der Waals surface area contributed by atoms with E-state index in [0.717, 1.165) is 0 Å². The summed E-state index contributed by atoms with van der Waals surface area (Å²) in [5.74, 6) is 0. The SMILES string of the molecule is CCO[Si]([O])(CC)OCC. The Balaban J connectivity index is 3.69. The molecule has 0 fully saturated rings. The Labute approximate surface area is 63.3 Å². The molecule has 1 radical (unpaired) electrons. The Hall–Kier alpha value is 0.0969. The van der Waals surface area contributed by atoms with Crippen LogP contribution in [0.15, 0.2) is 0 Å². The Kier molecular flexibility index (Phi) is 4.89. The van der Waals surface area contributed by atoms with Gasteiger partial charge in [-0.15, -0.1) is 0 Å². The van der Waals surface area contributed by atoms with Crippen molar-refractivity contribution in [3.63, 3.8) is 0 Å². The van der Waals surface area contributed by atoms with E-state index in [1.807, 2.05) is 20.8 Å². The molecule has 0 saturated heterocycles. The minimum atomic E-state index is -2.97. The third-order valence-corrected chi connectivity index (χ3v) is 3.48. The zero-order valence-electron chi connectivity index (χ0n) is 6.85. The highest BCUT2D eigenvalue weighted by Gasteiger charge is 2.35. The molecule has 0 aliphatic rings. The van der Waals surface area contributed by atoms with Gasteiger partial charge in [0.2, 0.25) is 0 Å². The van der Waals surface area contributed by atoms with Gasteiger partial charge in [0, 0.05) is 19.3 Å². The third-order valence-electron chi connectivity index (χ3n) is 1.16. The largest absolute Gasteiger partial charge is 0.528 e. The summed E-state index contributed by atoms with van der Waals surface area (Å²) in [4.78, 5) is 11.4. The predicted molar refractivity (Wildman–Crippen MR) is 40.2 cm³/mol. The lowest BCUT2D eigenvalue weighted by molar-refractivity contribution is 0.0829. The minimum Gasteiger partial charge on any atom is -0.373 e. The van der Waals surface area contributed by atoms with Crippen molar-refractivity contribution in [1.82, 2.24) is 0 Å². The van der Waals surface area contributed by atoms with E-state index in [1.165, 1.54) is 0 Å². The zero-order chi connectivity index (χ0) is 8.04. The van der Waals surface area contributed by atoms with Crippen LogP contribution in [0.2, 0.25) is 6.04 Å². The van der Waals surface area contributed by atoms with Crippen LogP contribution in [0.1, 0.15) is 20.8 Å². The molecule has 0 bridgehead atoms. The molecule has 4 heteroatoms. The molecule has 0 aromatic carbocycles. The minimum absolute atomic E-state index is 0.462. The molecular formula is C6H15O3Si. The van der Waals surface area contributed by atoms with Crippen LogP contribution in [0.4, 0.5) is 0 Å². The van der Waals surface area contributed by atoms with Crippen LogP contribution in [0.3, 0.4) is 0 Å². The molecule has 0 rings (SSSR count). The number of hydrogen-bond donors (Lipinski definition) is 0. The quantitative estimate of drug-likeness (QED) is 0.575. The van der Waals surface area contributed by atoms with Crippen LogP contribution in [-0.2, 0) is 13.6 Å². The highest BCUT2D eigenvalue weighted by molar-refractivity contribution is 6.58. The summed E-state index contributed by atoms with van der Waals surface area (Å²) >= 11 is 0. The Morgan fingerprint density at radius 3 is 1.70 bits per heavy atom. The fraction of sp³-hybridized carbons (Fsp3) is 1.00. The van der Waals surface area contributed by atoms with Gasteiger partial charge in [-0.1, -0.05) is 6.92 Å². The Bertz CT molecular complexity index is 81.1. The standard InChI is InChI=1S/C6H15O3Si/c1-4-8-10(7,6-3)9-5-2/h4-6H2,1-3H3. The molecule has 3 nitrogen and oxygen atoms in total. The first-order valence-corrected chi connectivity index (χ1v) is 5.60. The average Bonchev–Trinajstić information content (AvgIpc) is 1.89. The van der Waals surface area contributed by atoms with Crippen LogP contribution in [-0.4, -0.2) is 22.0 Å². The molecule has 0 aliphatic carbocycles. The van der Waals surface area contributed by atoms with Crippen molar-refractivity contribution in [2.45, 2.75) is 26.8 Å². The van der Waals surface area contributed by atoms with E-state index in [0.29, 0.717) is 19.3 Å². The maximum atomic E-state index is 11.4. The summed E-state index contributed by atoms with van der Waals surface area (Å²) in [6.07, 6.45) is 0. The van der Waals surface area contributed by atoms with Gasteiger partial charge in [-0.25, -0.2) is 4.80 Å². The maximum Gasteiger partial charge on any atom is 0.528 e. The predicted octanol–water partition coefficient (Wildman–Crippen LogP) is 1.45. The molecule has 0 spiro atoms. The van der Waals surface area contributed by atoms with Gasteiger partial charge >= 0.3 is 8.80 Å². The number of hydrogen-bond acceptors (Lipinski definition) is 2. The Morgan fingerprint density at radius 1 is 1.10 bits per heavy atom. The van der Waals surface area contributed by atoms with E-state index in [9.17, 15) is 4.80 Å². The van der Waals surface area contributed by atoms with Crippen molar-refractivity contribution < 1.29 is 13.6 Å². The molecule has 0 unspecified atom stereocenters. The van der Waals surface area contributed by atoms with E-state index in [1.54, 1.807) is 0 Å². The second kappa shape index (κ2) is 4.84. The maximum absolute atomic E-state index is 11.4. The fourth-order valence-electron chi connectivity index (χ4n) is 0.686. The highest BCUT2D eigenvalue weighted by Crippen LogP contribution is 2.08. The van der Waals surface area contributed by atoms with Crippen molar-refractivity contribution in [1.29, 1.82) is 0 Å². The molecule has 0 saturated carbocycles. The zero-order valence-corrected chi connectivity index (χ0v) is 7.85. The molecule has 0 aliphatic heterocycles. The van der Waals surface area contributed by atoms with E-state index in [2.05, 4.69) is 0 Å². The van der Waals surface area contributed by atoms with Crippen molar-refractivity contribution in [2.75, 3.05) is 13.2 Å². The van der Waals surface area contributed by atoms with E-state index >= 15 is 0 Å². The van der Waals surface area contributed by atoms with Gasteiger partial charge in [0.25, 0.3) is 0 Å². The second-order valence-corrected chi connectivity index (χ2v) is 4.55. The van der Waals surface area contributed by atoms with Crippen LogP contribution < -0.4 is 0 Å². The van der Waals surface area contributed by atoms with Gasteiger partial charge in [-0.2, -0.15) is 0 Å². The lowest BCUT2D eigenvalue weighted by Crippen LogP contribution is -2.40. The van der Waals surface area contributed by atoms with Crippen molar-refractivity contribution >= 4 is 8.80 Å². The molecule has 0 aromatic heterocycles. The molecule has 10 heavy (non-hydrogen) atoms. The molecule has 0 amide bonds. The summed E-state index contributed by atoms with van der Waals surface area (Å²) in [6.45, 7) is 6.36. The first-order chi connectivity index (χ1) is 4.68. The van der Waals surface area contributed by atoms with Crippen molar-refractivity contribution in [3.8, 4) is 0 Å². The monoisotopic (exact) mass is 163 g/mol. The van der Waals surface area contributed by atoms with Gasteiger partial charge in [-0.05, 0) is 13.8 Å². The average molecular weight is 163 g/mol. The molecule has 0 aromatic rings. The van der Waals surface area contributed by atoms with Crippen LogP contribution in [0.25, 0.3) is 0 Å². The summed E-state index contributed by atoms with van der Waals surface area (Å²) < 4.78 is 9.96. The highest BCUT2D eigenvalue weighted by atomic mass is 28.4. The van der Waals surface area contributed by atoms with Gasteiger partial charge < -0.3 is 8.85 Å². The van der Waals surface area contributed by atoms with E-state index in [-0.39, 0.29) is 0 Å². The van der Waals surface area contributed by atoms with Gasteiger partial charge in [0.05, 0.1) is 0 Å². The topological polar surface area (TPSA) is 38.4 Å².